The molecule has 3 heterocycles. The number of nitrogen functional groups attached to an aromatic ring is 1. The second-order valence-corrected chi connectivity index (χ2v) is 11.1. The highest BCUT2D eigenvalue weighted by Crippen LogP contribution is 2.47. The van der Waals surface area contributed by atoms with Gasteiger partial charge in [0.1, 0.15) is 35.8 Å². The maximum atomic E-state index is 12.9. The molecule has 1 fully saturated rings. The number of methoxy groups -OCH3 is 1. The van der Waals surface area contributed by atoms with Crippen LogP contribution in [0.3, 0.4) is 0 Å². The molecule has 1 aliphatic heterocycles. The highest BCUT2D eigenvalue weighted by atomic mass is 16.6. The number of carbonyl (C=O) groups excluding carboxylic acids is 1. The summed E-state index contributed by atoms with van der Waals surface area (Å²) in [4.78, 5) is 17.0. The molecular formula is C35H36N4O6. The van der Waals surface area contributed by atoms with Gasteiger partial charge in [0.15, 0.2) is 5.82 Å². The largest absolute Gasteiger partial charge is 0.465 e. The van der Waals surface area contributed by atoms with Gasteiger partial charge in [0.25, 0.3) is 0 Å². The van der Waals surface area contributed by atoms with Crippen molar-refractivity contribution in [3.05, 3.63) is 131 Å². The van der Waals surface area contributed by atoms with Crippen LogP contribution in [0.1, 0.15) is 45.8 Å². The highest BCUT2D eigenvalue weighted by Gasteiger charge is 2.57. The van der Waals surface area contributed by atoms with Gasteiger partial charge in [-0.05, 0) is 29.7 Å². The van der Waals surface area contributed by atoms with E-state index in [0.29, 0.717) is 31.0 Å². The lowest BCUT2D eigenvalue weighted by molar-refractivity contribution is -0.148. The summed E-state index contributed by atoms with van der Waals surface area (Å²) in [6, 6.07) is 31.5. The summed E-state index contributed by atoms with van der Waals surface area (Å²) in [5.74, 6) is -0.425. The van der Waals surface area contributed by atoms with Crippen molar-refractivity contribution in [2.75, 3.05) is 19.5 Å². The van der Waals surface area contributed by atoms with Crippen molar-refractivity contribution in [3.63, 3.8) is 0 Å². The van der Waals surface area contributed by atoms with Gasteiger partial charge in [-0.1, -0.05) is 91.0 Å². The molecular weight excluding hydrogens is 572 g/mol. The smallest absolute Gasteiger partial charge is 0.340 e. The molecule has 232 valence electrons. The first-order chi connectivity index (χ1) is 22.0. The minimum atomic E-state index is -1.06. The number of hydrogen-bond acceptors (Lipinski definition) is 9. The zero-order chi connectivity index (χ0) is 31.2. The fourth-order valence-corrected chi connectivity index (χ4v) is 5.81. The fraction of sp³-hybridized carbons (Fsp3) is 0.286. The molecule has 45 heavy (non-hydrogen) atoms. The maximum Gasteiger partial charge on any atom is 0.340 e. The molecule has 10 heteroatoms. The first-order valence-electron chi connectivity index (χ1n) is 14.8. The summed E-state index contributed by atoms with van der Waals surface area (Å²) in [6.07, 6.45) is -0.510. The van der Waals surface area contributed by atoms with Crippen molar-refractivity contribution in [1.82, 2.24) is 14.6 Å². The number of aromatic nitrogens is 3. The molecule has 6 rings (SSSR count). The predicted octanol–water partition coefficient (Wildman–Crippen LogP) is 5.32. The van der Waals surface area contributed by atoms with Crippen LogP contribution in [0.25, 0.3) is 5.52 Å². The first-order valence-corrected chi connectivity index (χ1v) is 14.8. The van der Waals surface area contributed by atoms with E-state index in [9.17, 15) is 4.79 Å². The van der Waals surface area contributed by atoms with E-state index in [1.807, 2.05) is 97.9 Å². The second-order valence-electron chi connectivity index (χ2n) is 11.1. The topological polar surface area (TPSA) is 119 Å². The Bertz CT molecular complexity index is 1720. The van der Waals surface area contributed by atoms with Crippen molar-refractivity contribution < 1.29 is 28.5 Å². The van der Waals surface area contributed by atoms with Gasteiger partial charge in [-0.15, -0.1) is 0 Å². The molecule has 0 saturated carbocycles. The molecule has 2 aromatic heterocycles. The molecule has 0 bridgehead atoms. The summed E-state index contributed by atoms with van der Waals surface area (Å²) in [7, 11) is 1.32. The van der Waals surface area contributed by atoms with E-state index in [4.69, 9.17) is 29.4 Å². The Hall–Kier alpha value is -4.61. The van der Waals surface area contributed by atoms with Crippen molar-refractivity contribution in [1.29, 1.82) is 0 Å². The number of ether oxygens (including phenoxy) is 5. The Kier molecular flexibility index (Phi) is 9.18. The van der Waals surface area contributed by atoms with E-state index in [1.165, 1.54) is 13.4 Å². The summed E-state index contributed by atoms with van der Waals surface area (Å²) in [5, 5.41) is 4.46. The lowest BCUT2D eigenvalue weighted by Crippen LogP contribution is -2.47. The Morgan fingerprint density at radius 2 is 1.51 bits per heavy atom. The highest BCUT2D eigenvalue weighted by molar-refractivity contribution is 6.00. The van der Waals surface area contributed by atoms with Crippen molar-refractivity contribution in [2.24, 2.45) is 0 Å². The molecule has 1 aliphatic rings. The standard InChI is InChI=1S/C35H36N4O6/c1-35(44-21-26-16-10-5-11-17-26)31(28-18-27(34(40)41-2)30-33(36)37-23-38-39(28)30)45-29(22-42-19-24-12-6-3-7-13-24)32(35)43-20-25-14-8-4-9-15-25/h3-18,23,29,31-32H,19-22H2,1-2H3,(H2,36,37,38)/t29-,31+,32-,35+/m1/s1. The number of carbonyl (C=O) groups is 1. The van der Waals surface area contributed by atoms with Gasteiger partial charge in [-0.2, -0.15) is 5.10 Å². The van der Waals surface area contributed by atoms with Crippen LogP contribution in [-0.4, -0.2) is 52.1 Å². The Labute approximate surface area is 261 Å². The second kappa shape index (κ2) is 13.6. The van der Waals surface area contributed by atoms with Gasteiger partial charge in [-0.3, -0.25) is 0 Å². The first kappa shape index (κ1) is 30.4. The number of benzene rings is 3. The molecule has 5 aromatic rings. The van der Waals surface area contributed by atoms with Gasteiger partial charge in [0.05, 0.1) is 44.8 Å². The summed E-state index contributed by atoms with van der Waals surface area (Å²) < 4.78 is 33.2. The third-order valence-corrected chi connectivity index (χ3v) is 8.08. The third-order valence-electron chi connectivity index (χ3n) is 8.08. The van der Waals surface area contributed by atoms with Crippen LogP contribution in [-0.2, 0) is 43.5 Å². The van der Waals surface area contributed by atoms with Gasteiger partial charge in [-0.25, -0.2) is 14.3 Å². The molecule has 4 atom stereocenters. The number of fused-ring (bicyclic) bond motifs is 1. The Balaban J connectivity index is 1.40. The van der Waals surface area contributed by atoms with Crippen LogP contribution in [0.2, 0.25) is 0 Å². The molecule has 2 N–H and O–H groups in total. The van der Waals surface area contributed by atoms with Gasteiger partial charge < -0.3 is 29.4 Å². The third kappa shape index (κ3) is 6.45. The summed E-state index contributed by atoms with van der Waals surface area (Å²) >= 11 is 0. The quantitative estimate of drug-likeness (QED) is 0.188. The van der Waals surface area contributed by atoms with Crippen LogP contribution < -0.4 is 5.73 Å². The molecule has 0 unspecified atom stereocenters. The molecule has 0 amide bonds. The Morgan fingerprint density at radius 1 is 0.911 bits per heavy atom. The minimum Gasteiger partial charge on any atom is -0.465 e. The number of nitrogens with zero attached hydrogens (tertiary/aromatic N) is 3. The zero-order valence-electron chi connectivity index (χ0n) is 25.2. The van der Waals surface area contributed by atoms with Crippen LogP contribution in [0.15, 0.2) is 103 Å². The molecule has 3 aromatic carbocycles. The summed E-state index contributed by atoms with van der Waals surface area (Å²) in [6.45, 7) is 3.24. The normalized spacial score (nSPS) is 21.2. The van der Waals surface area contributed by atoms with Crippen LogP contribution in [0.4, 0.5) is 5.82 Å². The number of esters is 1. The van der Waals surface area contributed by atoms with Crippen molar-refractivity contribution >= 4 is 17.3 Å². The molecule has 1 saturated heterocycles. The van der Waals surface area contributed by atoms with E-state index in [2.05, 4.69) is 10.1 Å². The van der Waals surface area contributed by atoms with Crippen LogP contribution in [0.5, 0.6) is 0 Å². The average molecular weight is 609 g/mol. The van der Waals surface area contributed by atoms with E-state index in [0.717, 1.165) is 16.7 Å². The van der Waals surface area contributed by atoms with E-state index < -0.39 is 29.9 Å². The van der Waals surface area contributed by atoms with Crippen LogP contribution >= 0.6 is 0 Å². The molecule has 0 spiro atoms. The maximum absolute atomic E-state index is 12.9. The van der Waals surface area contributed by atoms with Crippen molar-refractivity contribution in [3.8, 4) is 0 Å². The number of hydrogen-bond donors (Lipinski definition) is 1. The van der Waals surface area contributed by atoms with Gasteiger partial charge in [0.2, 0.25) is 0 Å². The lowest BCUT2D eigenvalue weighted by atomic mass is 9.90. The van der Waals surface area contributed by atoms with E-state index >= 15 is 0 Å². The van der Waals surface area contributed by atoms with Gasteiger partial charge >= 0.3 is 5.97 Å². The SMILES string of the molecule is COC(=O)c1cc([C@@H]2O[C@H](COCc3ccccc3)[C@@H](OCc3ccccc3)[C@@]2(C)OCc2ccccc2)n2ncnc(N)c12. The number of nitrogens with two attached hydrogens (primary N) is 1. The average Bonchev–Trinajstić information content (AvgIpc) is 3.59. The van der Waals surface area contributed by atoms with Crippen LogP contribution in [0, 0.1) is 0 Å². The van der Waals surface area contributed by atoms with Crippen molar-refractivity contribution in [2.45, 2.75) is 50.7 Å². The van der Waals surface area contributed by atoms with E-state index in [-0.39, 0.29) is 18.0 Å². The lowest BCUT2D eigenvalue weighted by Gasteiger charge is -2.35. The number of anilines is 1. The predicted molar refractivity (Wildman–Crippen MR) is 167 cm³/mol. The molecule has 10 nitrogen and oxygen atoms in total. The summed E-state index contributed by atoms with van der Waals surface area (Å²) in [5.41, 5.74) is 9.35. The Morgan fingerprint density at radius 3 is 2.13 bits per heavy atom. The zero-order valence-corrected chi connectivity index (χ0v) is 25.2. The van der Waals surface area contributed by atoms with E-state index in [1.54, 1.807) is 10.6 Å². The van der Waals surface area contributed by atoms with Gasteiger partial charge in [0, 0.05) is 0 Å². The molecule has 0 radical (unpaired) electrons. The number of rotatable bonds is 12. The molecule has 0 aliphatic carbocycles. The fourth-order valence-electron chi connectivity index (χ4n) is 5.81. The minimum absolute atomic E-state index is 0.140. The monoisotopic (exact) mass is 608 g/mol.